The molecule has 0 fully saturated rings. The van der Waals surface area contributed by atoms with E-state index >= 15 is 0 Å². The van der Waals surface area contributed by atoms with Crippen molar-refractivity contribution in [3.63, 3.8) is 0 Å². The summed E-state index contributed by atoms with van der Waals surface area (Å²) in [5.74, 6) is -0.242. The van der Waals surface area contributed by atoms with Crippen molar-refractivity contribution in [2.75, 3.05) is 11.5 Å². The Morgan fingerprint density at radius 2 is 2.11 bits per heavy atom. The Morgan fingerprint density at radius 1 is 1.42 bits per heavy atom. The van der Waals surface area contributed by atoms with Crippen LogP contribution < -0.4 is 5.32 Å². The van der Waals surface area contributed by atoms with Gasteiger partial charge in [-0.15, -0.1) is 9.24 Å². The molecule has 1 atom stereocenters. The van der Waals surface area contributed by atoms with E-state index in [1.807, 2.05) is 0 Å². The molecule has 0 aliphatic heterocycles. The number of halogens is 1. The molecule has 106 valence electrons. The van der Waals surface area contributed by atoms with Gasteiger partial charge in [0, 0.05) is 5.69 Å². The largest absolute Gasteiger partial charge is 0.444 e. The van der Waals surface area contributed by atoms with Crippen LogP contribution in [0.3, 0.4) is 0 Å². The number of amides is 1. The summed E-state index contributed by atoms with van der Waals surface area (Å²) in [6.45, 7) is 5.38. The molecule has 3 nitrogen and oxygen atoms in total. The van der Waals surface area contributed by atoms with Crippen molar-refractivity contribution in [2.24, 2.45) is 0 Å². The van der Waals surface area contributed by atoms with E-state index in [2.05, 4.69) is 14.6 Å². The maximum atomic E-state index is 13.6. The molecule has 1 aromatic carbocycles. The van der Waals surface area contributed by atoms with Crippen LogP contribution >= 0.6 is 9.24 Å². The third-order valence-corrected chi connectivity index (χ3v) is 2.75. The Kier molecular flexibility index (Phi) is 5.74. The molecule has 1 aromatic rings. The first kappa shape index (κ1) is 15.9. The second-order valence-corrected chi connectivity index (χ2v) is 5.90. The predicted octanol–water partition coefficient (Wildman–Crippen LogP) is 3.98. The zero-order valence-electron chi connectivity index (χ0n) is 11.6. The number of carbonyl (C=O) groups excluding carboxylic acids is 1. The van der Waals surface area contributed by atoms with Gasteiger partial charge < -0.3 is 4.74 Å². The molecule has 1 unspecified atom stereocenters. The fourth-order valence-electron chi connectivity index (χ4n) is 1.56. The summed E-state index contributed by atoms with van der Waals surface area (Å²) in [5.41, 5.74) is 0.609. The number of hydrogen-bond donors (Lipinski definition) is 1. The van der Waals surface area contributed by atoms with E-state index in [-0.39, 0.29) is 5.82 Å². The van der Waals surface area contributed by atoms with Gasteiger partial charge in [0.2, 0.25) is 0 Å². The molecule has 19 heavy (non-hydrogen) atoms. The number of carbonyl (C=O) groups is 1. The van der Waals surface area contributed by atoms with Crippen LogP contribution in [0.25, 0.3) is 0 Å². The number of rotatable bonds is 4. The number of hydrogen-bond acceptors (Lipinski definition) is 2. The van der Waals surface area contributed by atoms with E-state index in [1.54, 1.807) is 26.8 Å². The second kappa shape index (κ2) is 6.85. The zero-order valence-corrected chi connectivity index (χ0v) is 12.8. The molecule has 1 amide bonds. The Balaban J connectivity index is 2.71. The molecule has 5 heteroatoms. The van der Waals surface area contributed by atoms with Gasteiger partial charge in [0.15, 0.2) is 0 Å². The summed E-state index contributed by atoms with van der Waals surface area (Å²) in [7, 11) is 2.61. The van der Waals surface area contributed by atoms with Gasteiger partial charge in [-0.25, -0.2) is 9.18 Å². The molecule has 1 rings (SSSR count). The SMILES string of the molecule is CC(C)(C)OC(=O)Nc1ccc(F)c(CCCP)c1. The first-order valence-corrected chi connectivity index (χ1v) is 7.12. The highest BCUT2D eigenvalue weighted by atomic mass is 31.0. The van der Waals surface area contributed by atoms with Crippen molar-refractivity contribution in [1.29, 1.82) is 0 Å². The highest BCUT2D eigenvalue weighted by Gasteiger charge is 2.16. The number of benzene rings is 1. The van der Waals surface area contributed by atoms with E-state index in [4.69, 9.17) is 4.74 Å². The first-order valence-electron chi connectivity index (χ1n) is 6.30. The van der Waals surface area contributed by atoms with Gasteiger partial charge in [-0.1, -0.05) is 0 Å². The minimum atomic E-state index is -0.549. The molecule has 0 radical (unpaired) electrons. The molecule has 0 saturated heterocycles. The molecule has 0 saturated carbocycles. The van der Waals surface area contributed by atoms with Crippen molar-refractivity contribution in [1.82, 2.24) is 0 Å². The molecule has 0 aromatic heterocycles. The summed E-state index contributed by atoms with van der Waals surface area (Å²) in [4.78, 5) is 11.6. The highest BCUT2D eigenvalue weighted by molar-refractivity contribution is 7.16. The standard InChI is InChI=1S/C14H21FNO2P/c1-14(2,3)18-13(17)16-11-6-7-12(15)10(9-11)5-4-8-19/h6-7,9H,4-5,8,19H2,1-3H3,(H,16,17). The second-order valence-electron chi connectivity index (χ2n) is 5.33. The Hall–Kier alpha value is -1.15. The first-order chi connectivity index (χ1) is 8.81. The smallest absolute Gasteiger partial charge is 0.412 e. The van der Waals surface area contributed by atoms with Crippen molar-refractivity contribution < 1.29 is 13.9 Å². The molecule has 0 bridgehead atoms. The lowest BCUT2D eigenvalue weighted by molar-refractivity contribution is 0.0636. The summed E-state index contributed by atoms with van der Waals surface area (Å²) < 4.78 is 18.7. The molecular formula is C14H21FNO2P. The van der Waals surface area contributed by atoms with Crippen LogP contribution in [-0.2, 0) is 11.2 Å². The van der Waals surface area contributed by atoms with Gasteiger partial charge in [-0.3, -0.25) is 5.32 Å². The minimum absolute atomic E-state index is 0.242. The van der Waals surface area contributed by atoms with Crippen LogP contribution in [-0.4, -0.2) is 17.9 Å². The molecule has 0 heterocycles. The Bertz CT molecular complexity index is 444. The van der Waals surface area contributed by atoms with Crippen LogP contribution in [0.2, 0.25) is 0 Å². The van der Waals surface area contributed by atoms with Gasteiger partial charge in [-0.05, 0) is 63.5 Å². The molecule has 0 aliphatic rings. The molecular weight excluding hydrogens is 264 g/mol. The van der Waals surface area contributed by atoms with Crippen LogP contribution in [0.4, 0.5) is 14.9 Å². The van der Waals surface area contributed by atoms with Gasteiger partial charge in [0.05, 0.1) is 0 Å². The third-order valence-electron chi connectivity index (χ3n) is 2.34. The van der Waals surface area contributed by atoms with E-state index in [9.17, 15) is 9.18 Å². The van der Waals surface area contributed by atoms with Crippen LogP contribution in [0.1, 0.15) is 32.8 Å². The molecule has 1 N–H and O–H groups in total. The number of aryl methyl sites for hydroxylation is 1. The highest BCUT2D eigenvalue weighted by Crippen LogP contribution is 2.18. The van der Waals surface area contributed by atoms with Gasteiger partial charge in [0.1, 0.15) is 11.4 Å². The monoisotopic (exact) mass is 285 g/mol. The van der Waals surface area contributed by atoms with Gasteiger partial charge in [0.25, 0.3) is 0 Å². The van der Waals surface area contributed by atoms with Gasteiger partial charge >= 0.3 is 6.09 Å². The minimum Gasteiger partial charge on any atom is -0.444 e. The lowest BCUT2D eigenvalue weighted by Crippen LogP contribution is -2.27. The number of nitrogens with one attached hydrogen (secondary N) is 1. The van der Waals surface area contributed by atoms with E-state index < -0.39 is 11.7 Å². The molecule has 0 aliphatic carbocycles. The molecule has 0 spiro atoms. The Labute approximate surface area is 116 Å². The van der Waals surface area contributed by atoms with Crippen LogP contribution in [0, 0.1) is 5.82 Å². The van der Waals surface area contributed by atoms with E-state index in [0.29, 0.717) is 17.7 Å². The maximum absolute atomic E-state index is 13.6. The topological polar surface area (TPSA) is 38.3 Å². The summed E-state index contributed by atoms with van der Waals surface area (Å²) in [5, 5.41) is 2.61. The normalized spacial score (nSPS) is 11.2. The fourth-order valence-corrected chi connectivity index (χ4v) is 1.76. The maximum Gasteiger partial charge on any atom is 0.412 e. The average molecular weight is 285 g/mol. The number of ether oxygens (including phenoxy) is 1. The third kappa shape index (κ3) is 6.02. The zero-order chi connectivity index (χ0) is 14.5. The summed E-state index contributed by atoms with van der Waals surface area (Å²) >= 11 is 0. The predicted molar refractivity (Wildman–Crippen MR) is 79.2 cm³/mol. The quantitative estimate of drug-likeness (QED) is 0.850. The van der Waals surface area contributed by atoms with E-state index in [1.165, 1.54) is 12.1 Å². The summed E-state index contributed by atoms with van der Waals surface area (Å²) in [6, 6.07) is 4.55. The van der Waals surface area contributed by atoms with Crippen molar-refractivity contribution in [3.05, 3.63) is 29.6 Å². The number of anilines is 1. The summed E-state index contributed by atoms with van der Waals surface area (Å²) in [6.07, 6.45) is 1.93. The van der Waals surface area contributed by atoms with Gasteiger partial charge in [-0.2, -0.15) is 0 Å². The van der Waals surface area contributed by atoms with E-state index in [0.717, 1.165) is 12.6 Å². The van der Waals surface area contributed by atoms with Crippen molar-refractivity contribution in [2.45, 2.75) is 39.2 Å². The average Bonchev–Trinajstić information content (AvgIpc) is 2.27. The van der Waals surface area contributed by atoms with Crippen LogP contribution in [0.15, 0.2) is 18.2 Å². The lowest BCUT2D eigenvalue weighted by Gasteiger charge is -2.19. The lowest BCUT2D eigenvalue weighted by atomic mass is 10.1. The Morgan fingerprint density at radius 3 is 2.68 bits per heavy atom. The fraction of sp³-hybridized carbons (Fsp3) is 0.500. The van der Waals surface area contributed by atoms with Crippen molar-refractivity contribution in [3.8, 4) is 0 Å². The van der Waals surface area contributed by atoms with Crippen LogP contribution in [0.5, 0.6) is 0 Å². The van der Waals surface area contributed by atoms with Crippen molar-refractivity contribution >= 4 is 21.0 Å².